The van der Waals surface area contributed by atoms with Crippen LogP contribution in [0.15, 0.2) is 5.38 Å². The van der Waals surface area contributed by atoms with E-state index in [2.05, 4.69) is 17.3 Å². The fraction of sp³-hybridized carbons (Fsp3) is 0.800. The van der Waals surface area contributed by atoms with Gasteiger partial charge in [0.15, 0.2) is 0 Å². The van der Waals surface area contributed by atoms with Crippen molar-refractivity contribution in [1.82, 2.24) is 4.98 Å². The summed E-state index contributed by atoms with van der Waals surface area (Å²) in [7, 11) is 0. The Hall–Kier alpha value is -0.410. The second-order valence-corrected chi connectivity index (χ2v) is 7.75. The number of hydrogen-bond acceptors (Lipinski definition) is 3. The zero-order valence-electron chi connectivity index (χ0n) is 11.0. The molecule has 2 nitrogen and oxygen atoms in total. The lowest BCUT2D eigenvalue weighted by molar-refractivity contribution is -0.0471. The summed E-state index contributed by atoms with van der Waals surface area (Å²) >= 11 is 1.77. The first-order chi connectivity index (χ1) is 8.70. The molecule has 2 N–H and O–H groups in total. The van der Waals surface area contributed by atoms with Gasteiger partial charge in [0.1, 0.15) is 5.01 Å². The van der Waals surface area contributed by atoms with Gasteiger partial charge in [-0.3, -0.25) is 0 Å². The molecular weight excluding hydrogens is 240 g/mol. The normalized spacial score (nSPS) is 43.3. The number of nitrogens with zero attached hydrogens (tertiary/aromatic N) is 1. The Morgan fingerprint density at radius 3 is 2.28 bits per heavy atom. The van der Waals surface area contributed by atoms with Crippen LogP contribution in [0.5, 0.6) is 0 Å². The molecule has 0 aromatic carbocycles. The number of aromatic nitrogens is 1. The van der Waals surface area contributed by atoms with Crippen molar-refractivity contribution in [2.75, 3.05) is 0 Å². The van der Waals surface area contributed by atoms with Crippen molar-refractivity contribution in [3.63, 3.8) is 0 Å². The van der Waals surface area contributed by atoms with Gasteiger partial charge in [-0.15, -0.1) is 11.3 Å². The third-order valence-electron chi connectivity index (χ3n) is 5.64. The number of rotatable bonds is 2. The van der Waals surface area contributed by atoms with Gasteiger partial charge in [0.2, 0.25) is 0 Å². The third-order valence-corrected chi connectivity index (χ3v) is 6.70. The molecule has 18 heavy (non-hydrogen) atoms. The van der Waals surface area contributed by atoms with Crippen molar-refractivity contribution >= 4 is 11.3 Å². The van der Waals surface area contributed by atoms with Crippen molar-refractivity contribution in [3.8, 4) is 0 Å². The molecule has 0 spiro atoms. The standard InChI is InChI=1S/C15H22N2S/c1-8-7-18-15(17-8)14(16)13-11-3-9-2-10(5-11)6-12(13)4-9/h7,9-14H,2-6,16H2,1H3. The fourth-order valence-corrected chi connectivity index (χ4v) is 6.10. The number of aryl methyl sites for hydroxylation is 1. The smallest absolute Gasteiger partial charge is 0.110 e. The highest BCUT2D eigenvalue weighted by molar-refractivity contribution is 7.09. The minimum atomic E-state index is 0.207. The average molecular weight is 262 g/mol. The second-order valence-electron chi connectivity index (χ2n) is 6.86. The molecule has 1 unspecified atom stereocenters. The van der Waals surface area contributed by atoms with Crippen LogP contribution in [0, 0.1) is 36.5 Å². The molecule has 3 heteroatoms. The van der Waals surface area contributed by atoms with Gasteiger partial charge in [0.05, 0.1) is 6.04 Å². The maximum absolute atomic E-state index is 6.58. The Morgan fingerprint density at radius 1 is 1.17 bits per heavy atom. The van der Waals surface area contributed by atoms with Gasteiger partial charge in [0, 0.05) is 11.1 Å². The molecular formula is C15H22N2S. The van der Waals surface area contributed by atoms with Gasteiger partial charge in [-0.05, 0) is 68.6 Å². The predicted molar refractivity (Wildman–Crippen MR) is 74.3 cm³/mol. The molecule has 4 aliphatic carbocycles. The van der Waals surface area contributed by atoms with Crippen molar-refractivity contribution < 1.29 is 0 Å². The number of hydrogen-bond donors (Lipinski definition) is 1. The Balaban J connectivity index is 1.61. The molecule has 4 bridgehead atoms. The minimum absolute atomic E-state index is 0.207. The Labute approximate surface area is 113 Å². The second kappa shape index (κ2) is 4.04. The maximum atomic E-state index is 6.58. The molecule has 0 amide bonds. The maximum Gasteiger partial charge on any atom is 0.110 e. The fourth-order valence-electron chi connectivity index (χ4n) is 5.24. The molecule has 1 atom stereocenters. The zero-order valence-corrected chi connectivity index (χ0v) is 11.8. The van der Waals surface area contributed by atoms with Gasteiger partial charge in [-0.25, -0.2) is 4.98 Å². The summed E-state index contributed by atoms with van der Waals surface area (Å²) in [6.45, 7) is 2.07. The lowest BCUT2D eigenvalue weighted by Crippen LogP contribution is -2.48. The van der Waals surface area contributed by atoms with Crippen LogP contribution in [0.1, 0.15) is 48.8 Å². The Bertz CT molecular complexity index is 425. The lowest BCUT2D eigenvalue weighted by atomic mass is 9.50. The summed E-state index contributed by atoms with van der Waals surface area (Å²) < 4.78 is 0. The van der Waals surface area contributed by atoms with E-state index in [0.717, 1.165) is 35.3 Å². The number of thiazole rings is 1. The molecule has 98 valence electrons. The topological polar surface area (TPSA) is 38.9 Å². The third kappa shape index (κ3) is 1.67. The summed E-state index contributed by atoms with van der Waals surface area (Å²) in [5.74, 6) is 4.60. The molecule has 1 heterocycles. The first kappa shape index (κ1) is 11.4. The Morgan fingerprint density at radius 2 is 1.78 bits per heavy atom. The van der Waals surface area contributed by atoms with E-state index in [-0.39, 0.29) is 6.04 Å². The van der Waals surface area contributed by atoms with Crippen LogP contribution >= 0.6 is 11.3 Å². The molecule has 4 fully saturated rings. The average Bonchev–Trinajstić information content (AvgIpc) is 2.74. The van der Waals surface area contributed by atoms with E-state index >= 15 is 0 Å². The minimum Gasteiger partial charge on any atom is -0.322 e. The van der Waals surface area contributed by atoms with Crippen molar-refractivity contribution in [1.29, 1.82) is 0 Å². The molecule has 0 saturated heterocycles. The summed E-state index contributed by atoms with van der Waals surface area (Å²) in [4.78, 5) is 4.64. The summed E-state index contributed by atoms with van der Waals surface area (Å²) in [6, 6.07) is 0.207. The highest BCUT2D eigenvalue weighted by atomic mass is 32.1. The molecule has 0 aliphatic heterocycles. The highest BCUT2D eigenvalue weighted by Gasteiger charge is 2.50. The van der Waals surface area contributed by atoms with E-state index in [1.165, 1.54) is 37.1 Å². The van der Waals surface area contributed by atoms with Crippen molar-refractivity contribution in [2.45, 2.75) is 45.1 Å². The van der Waals surface area contributed by atoms with E-state index in [9.17, 15) is 0 Å². The molecule has 1 aromatic heterocycles. The first-order valence-corrected chi connectivity index (χ1v) is 8.26. The molecule has 5 rings (SSSR count). The number of nitrogens with two attached hydrogens (primary N) is 1. The quantitative estimate of drug-likeness (QED) is 0.885. The predicted octanol–water partition coefficient (Wildman–Crippen LogP) is 3.52. The van der Waals surface area contributed by atoms with E-state index in [0.29, 0.717) is 0 Å². The zero-order chi connectivity index (χ0) is 12.3. The molecule has 4 aliphatic rings. The Kier molecular flexibility index (Phi) is 2.56. The first-order valence-electron chi connectivity index (χ1n) is 7.38. The van der Waals surface area contributed by atoms with Gasteiger partial charge in [0.25, 0.3) is 0 Å². The van der Waals surface area contributed by atoms with Gasteiger partial charge in [-0.1, -0.05) is 0 Å². The van der Waals surface area contributed by atoms with Gasteiger partial charge < -0.3 is 5.73 Å². The van der Waals surface area contributed by atoms with Crippen LogP contribution in [0.25, 0.3) is 0 Å². The van der Waals surface area contributed by atoms with E-state index in [4.69, 9.17) is 5.73 Å². The van der Waals surface area contributed by atoms with Crippen LogP contribution in [0.2, 0.25) is 0 Å². The molecule has 0 radical (unpaired) electrons. The van der Waals surface area contributed by atoms with Crippen LogP contribution in [-0.4, -0.2) is 4.98 Å². The van der Waals surface area contributed by atoms with Crippen LogP contribution < -0.4 is 5.73 Å². The van der Waals surface area contributed by atoms with E-state index in [1.807, 2.05) is 0 Å². The van der Waals surface area contributed by atoms with Crippen molar-refractivity contribution in [2.24, 2.45) is 35.3 Å². The van der Waals surface area contributed by atoms with Crippen molar-refractivity contribution in [3.05, 3.63) is 16.1 Å². The van der Waals surface area contributed by atoms with E-state index in [1.54, 1.807) is 11.3 Å². The van der Waals surface area contributed by atoms with Crippen LogP contribution in [0.3, 0.4) is 0 Å². The largest absolute Gasteiger partial charge is 0.322 e. The van der Waals surface area contributed by atoms with Gasteiger partial charge in [-0.2, -0.15) is 0 Å². The summed E-state index contributed by atoms with van der Waals surface area (Å²) in [6.07, 6.45) is 7.34. The SMILES string of the molecule is Cc1csc(C(N)C2C3CC4CC(C3)CC2C4)n1. The van der Waals surface area contributed by atoms with Crippen LogP contribution in [0.4, 0.5) is 0 Å². The summed E-state index contributed by atoms with van der Waals surface area (Å²) in [5, 5.41) is 3.33. The molecule has 4 saturated carbocycles. The summed E-state index contributed by atoms with van der Waals surface area (Å²) in [5.41, 5.74) is 7.72. The van der Waals surface area contributed by atoms with Crippen LogP contribution in [-0.2, 0) is 0 Å². The monoisotopic (exact) mass is 262 g/mol. The van der Waals surface area contributed by atoms with E-state index < -0.39 is 0 Å². The van der Waals surface area contributed by atoms with Gasteiger partial charge >= 0.3 is 0 Å². The lowest BCUT2D eigenvalue weighted by Gasteiger charge is -2.55. The highest BCUT2D eigenvalue weighted by Crippen LogP contribution is 2.59. The molecule has 1 aromatic rings.